The molecule has 0 bridgehead atoms. The van der Waals surface area contributed by atoms with E-state index in [1.54, 1.807) is 97.1 Å². The number of halogens is 4. The molecular formula is C45H36Cl4N10O4. The van der Waals surface area contributed by atoms with E-state index in [0.717, 1.165) is 43.7 Å². The van der Waals surface area contributed by atoms with E-state index in [9.17, 15) is 19.2 Å². The van der Waals surface area contributed by atoms with Crippen LogP contribution >= 0.6 is 46.4 Å². The number of aromatic nitrogens is 2. The summed E-state index contributed by atoms with van der Waals surface area (Å²) in [6, 6.07) is 29.2. The van der Waals surface area contributed by atoms with Gasteiger partial charge in [-0.1, -0.05) is 70.7 Å². The van der Waals surface area contributed by atoms with Gasteiger partial charge in [-0.25, -0.2) is 9.97 Å². The van der Waals surface area contributed by atoms with Gasteiger partial charge < -0.3 is 31.1 Å². The SMILES string of the molecule is N=C(c1ccc(C(=O)Nc2ccc(Cl)cc2C(=O)Nc2ccc(Cl)cn2)cc1)N1CC1.N=C(c1ccc(C(=O)Nc2ccc(Cl)cc2C(=O)Nc2ccc(Cl)cn2)cc1)N1CCC1. The van der Waals surface area contributed by atoms with Crippen molar-refractivity contribution in [2.75, 3.05) is 47.4 Å². The Kier molecular flexibility index (Phi) is 14.0. The van der Waals surface area contributed by atoms with Gasteiger partial charge in [-0.05, 0) is 91.3 Å². The van der Waals surface area contributed by atoms with Crippen LogP contribution in [0.4, 0.5) is 23.0 Å². The minimum Gasteiger partial charge on any atom is -0.356 e. The van der Waals surface area contributed by atoms with E-state index >= 15 is 0 Å². The molecule has 0 aliphatic carbocycles. The van der Waals surface area contributed by atoms with Crippen LogP contribution in [0.5, 0.6) is 0 Å². The Morgan fingerprint density at radius 3 is 1.14 bits per heavy atom. The van der Waals surface area contributed by atoms with Crippen molar-refractivity contribution in [3.63, 3.8) is 0 Å². The molecule has 0 atom stereocenters. The number of nitrogens with zero attached hydrogens (tertiary/aromatic N) is 4. The van der Waals surface area contributed by atoms with Crippen molar-refractivity contribution in [3.8, 4) is 0 Å². The lowest BCUT2D eigenvalue weighted by atomic mass is 10.1. The number of rotatable bonds is 10. The highest BCUT2D eigenvalue weighted by molar-refractivity contribution is 6.32. The van der Waals surface area contributed by atoms with Gasteiger partial charge in [0.25, 0.3) is 23.6 Å². The standard InChI is InChI=1S/C23H19Cl2N5O2.C22H17Cl2N5O2/c24-16-6-8-19(18(12-16)23(32)29-20-9-7-17(25)13-27-20)28-22(31)15-4-2-14(3-5-15)21(26)30-10-1-11-30;23-15-5-7-18(17(11-15)22(31)28-19-8-6-16(24)12-26-19)27-21(30)14-3-1-13(2-4-14)20(25)29-9-10-29/h2-9,12-13,26H,1,10-11H2,(H,28,31)(H,27,29,32);1-8,11-12,25H,9-10H2,(H,27,30)(H,26,28,31). The van der Waals surface area contributed by atoms with Crippen LogP contribution in [0.25, 0.3) is 0 Å². The molecule has 0 unspecified atom stereocenters. The average molecular weight is 923 g/mol. The zero-order chi connectivity index (χ0) is 44.6. The molecule has 8 rings (SSSR count). The Morgan fingerprint density at radius 1 is 0.444 bits per heavy atom. The maximum atomic E-state index is 12.8. The molecule has 2 aliphatic heterocycles. The third-order valence-corrected chi connectivity index (χ3v) is 10.6. The molecule has 0 spiro atoms. The van der Waals surface area contributed by atoms with Crippen molar-refractivity contribution < 1.29 is 19.2 Å². The first-order valence-corrected chi connectivity index (χ1v) is 20.8. The summed E-state index contributed by atoms with van der Waals surface area (Å²) in [5, 5.41) is 28.7. The van der Waals surface area contributed by atoms with Gasteiger partial charge in [-0.2, -0.15) is 0 Å². The van der Waals surface area contributed by atoms with Gasteiger partial charge >= 0.3 is 0 Å². The van der Waals surface area contributed by atoms with Crippen molar-refractivity contribution in [2.24, 2.45) is 0 Å². The fraction of sp³-hybridized carbons (Fsp3) is 0.111. The first-order chi connectivity index (χ1) is 30.3. The van der Waals surface area contributed by atoms with E-state index in [2.05, 4.69) is 31.2 Å². The number of amides is 4. The van der Waals surface area contributed by atoms with Crippen molar-refractivity contribution in [1.29, 1.82) is 10.8 Å². The third-order valence-electron chi connectivity index (χ3n) is 9.66. The lowest BCUT2D eigenvalue weighted by Gasteiger charge is -2.33. The van der Waals surface area contributed by atoms with E-state index in [0.29, 0.717) is 65.9 Å². The highest BCUT2D eigenvalue weighted by atomic mass is 35.5. The van der Waals surface area contributed by atoms with Crippen LogP contribution in [0.1, 0.15) is 59.0 Å². The summed E-state index contributed by atoms with van der Waals surface area (Å²) in [6.45, 7) is 3.53. The quantitative estimate of drug-likeness (QED) is 0.0444. The van der Waals surface area contributed by atoms with E-state index in [-0.39, 0.29) is 22.9 Å². The summed E-state index contributed by atoms with van der Waals surface area (Å²) in [5.41, 5.74) is 3.31. The first-order valence-electron chi connectivity index (χ1n) is 19.3. The van der Waals surface area contributed by atoms with Crippen LogP contribution in [-0.2, 0) is 0 Å². The molecule has 6 N–H and O–H groups in total. The number of benzene rings is 4. The fourth-order valence-electron chi connectivity index (χ4n) is 6.02. The number of likely N-dealkylation sites (tertiary alicyclic amines) is 1. The number of hydrogen-bond donors (Lipinski definition) is 6. The molecular weight excluding hydrogens is 886 g/mol. The number of hydrogen-bond acceptors (Lipinski definition) is 8. The molecule has 4 aromatic carbocycles. The Hall–Kier alpha value is -6.84. The van der Waals surface area contributed by atoms with Crippen molar-refractivity contribution in [2.45, 2.75) is 6.42 Å². The lowest BCUT2D eigenvalue weighted by Crippen LogP contribution is -2.42. The Labute approximate surface area is 381 Å². The fourth-order valence-corrected chi connectivity index (χ4v) is 6.59. The molecule has 6 aromatic rings. The van der Waals surface area contributed by atoms with E-state index < -0.39 is 11.8 Å². The summed E-state index contributed by atoms with van der Waals surface area (Å²) in [4.78, 5) is 63.0. The zero-order valence-corrected chi connectivity index (χ0v) is 36.0. The minimum absolute atomic E-state index is 0.192. The molecule has 318 valence electrons. The zero-order valence-electron chi connectivity index (χ0n) is 33.0. The van der Waals surface area contributed by atoms with Crippen LogP contribution in [0.15, 0.2) is 122 Å². The predicted octanol–water partition coefficient (Wildman–Crippen LogP) is 9.46. The number of carbonyl (C=O) groups is 4. The normalized spacial score (nSPS) is 12.4. The molecule has 0 saturated carbocycles. The van der Waals surface area contributed by atoms with Gasteiger partial charge in [0.15, 0.2) is 0 Å². The van der Waals surface area contributed by atoms with E-state index in [1.165, 1.54) is 24.5 Å². The molecule has 18 heteroatoms. The second-order valence-corrected chi connectivity index (χ2v) is 15.8. The maximum absolute atomic E-state index is 12.8. The topological polar surface area (TPSA) is 196 Å². The molecule has 2 aromatic heterocycles. The van der Waals surface area contributed by atoms with Crippen LogP contribution in [-0.4, -0.2) is 81.2 Å². The van der Waals surface area contributed by atoms with Gasteiger partial charge in [-0.3, -0.25) is 30.0 Å². The van der Waals surface area contributed by atoms with Crippen molar-refractivity contribution in [1.82, 2.24) is 19.8 Å². The number of anilines is 4. The van der Waals surface area contributed by atoms with Crippen LogP contribution < -0.4 is 21.3 Å². The van der Waals surface area contributed by atoms with Crippen LogP contribution in [0.3, 0.4) is 0 Å². The molecule has 2 aliphatic rings. The monoisotopic (exact) mass is 920 g/mol. The van der Waals surface area contributed by atoms with Crippen LogP contribution in [0, 0.1) is 10.8 Å². The molecule has 2 saturated heterocycles. The number of carbonyl (C=O) groups excluding carboxylic acids is 4. The summed E-state index contributed by atoms with van der Waals surface area (Å²) in [7, 11) is 0. The number of nitrogens with one attached hydrogen (secondary N) is 6. The Morgan fingerprint density at radius 2 is 0.810 bits per heavy atom. The average Bonchev–Trinajstić information content (AvgIpc) is 4.12. The van der Waals surface area contributed by atoms with Gasteiger partial charge in [0.1, 0.15) is 23.3 Å². The summed E-state index contributed by atoms with van der Waals surface area (Å²) in [6.07, 6.45) is 3.93. The van der Waals surface area contributed by atoms with E-state index in [4.69, 9.17) is 57.2 Å². The van der Waals surface area contributed by atoms with Gasteiger partial charge in [0, 0.05) is 70.9 Å². The minimum atomic E-state index is -0.477. The van der Waals surface area contributed by atoms with Gasteiger partial charge in [0.2, 0.25) is 0 Å². The highest BCUT2D eigenvalue weighted by Crippen LogP contribution is 2.25. The molecule has 2 fully saturated rings. The van der Waals surface area contributed by atoms with Crippen LogP contribution in [0.2, 0.25) is 20.1 Å². The Balaban J connectivity index is 0.000000189. The predicted molar refractivity (Wildman–Crippen MR) is 248 cm³/mol. The molecule has 4 heterocycles. The largest absolute Gasteiger partial charge is 0.356 e. The molecule has 4 amide bonds. The summed E-state index contributed by atoms with van der Waals surface area (Å²) in [5.74, 6) is -0.187. The second kappa shape index (κ2) is 19.9. The van der Waals surface area contributed by atoms with Crippen molar-refractivity contribution in [3.05, 3.63) is 175 Å². The summed E-state index contributed by atoms with van der Waals surface area (Å²) >= 11 is 23.8. The summed E-state index contributed by atoms with van der Waals surface area (Å²) < 4.78 is 0. The second-order valence-electron chi connectivity index (χ2n) is 14.1. The third kappa shape index (κ3) is 11.6. The highest BCUT2D eigenvalue weighted by Gasteiger charge is 2.23. The van der Waals surface area contributed by atoms with Gasteiger partial charge in [-0.15, -0.1) is 0 Å². The smallest absolute Gasteiger partial charge is 0.258 e. The lowest BCUT2D eigenvalue weighted by molar-refractivity contribution is 0.101. The molecule has 14 nitrogen and oxygen atoms in total. The molecule has 0 radical (unpaired) electrons. The number of amidine groups is 2. The maximum Gasteiger partial charge on any atom is 0.258 e. The van der Waals surface area contributed by atoms with Crippen molar-refractivity contribution >= 4 is 105 Å². The molecule has 63 heavy (non-hydrogen) atoms. The Bertz CT molecular complexity index is 2710. The van der Waals surface area contributed by atoms with Gasteiger partial charge in [0.05, 0.1) is 32.5 Å². The first kappa shape index (κ1) is 44.2. The number of pyridine rings is 2. The van der Waals surface area contributed by atoms with E-state index in [1.807, 2.05) is 9.80 Å².